The van der Waals surface area contributed by atoms with Gasteiger partial charge < -0.3 is 10.3 Å². The van der Waals surface area contributed by atoms with Crippen molar-refractivity contribution >= 4 is 5.82 Å². The van der Waals surface area contributed by atoms with Crippen LogP contribution in [-0.4, -0.2) is 5.16 Å². The maximum absolute atomic E-state index is 5.66. The molecule has 0 aliphatic rings. The van der Waals surface area contributed by atoms with Crippen molar-refractivity contribution < 1.29 is 4.52 Å². The van der Waals surface area contributed by atoms with Crippen LogP contribution < -0.4 is 5.73 Å². The summed E-state index contributed by atoms with van der Waals surface area (Å²) in [5.41, 5.74) is 10.1. The summed E-state index contributed by atoms with van der Waals surface area (Å²) < 4.78 is 5.24. The Hall–Kier alpha value is -1.77. The Balaban J connectivity index is 2.64. The van der Waals surface area contributed by atoms with Crippen LogP contribution in [0.25, 0.3) is 11.3 Å². The predicted molar refractivity (Wildman–Crippen MR) is 60.6 cm³/mol. The van der Waals surface area contributed by atoms with Crippen molar-refractivity contribution in [3.05, 3.63) is 34.9 Å². The second-order valence-electron chi connectivity index (χ2n) is 3.77. The quantitative estimate of drug-likeness (QED) is 0.773. The van der Waals surface area contributed by atoms with Crippen molar-refractivity contribution in [1.82, 2.24) is 5.16 Å². The van der Waals surface area contributed by atoms with Crippen molar-refractivity contribution in [2.75, 3.05) is 5.73 Å². The maximum atomic E-state index is 5.66. The minimum atomic E-state index is 0.464. The summed E-state index contributed by atoms with van der Waals surface area (Å²) in [5, 5.41) is 3.77. The minimum absolute atomic E-state index is 0.464. The van der Waals surface area contributed by atoms with Crippen molar-refractivity contribution in [1.29, 1.82) is 0 Å². The van der Waals surface area contributed by atoms with Crippen molar-refractivity contribution in [3.8, 4) is 11.3 Å². The van der Waals surface area contributed by atoms with Crippen LogP contribution >= 0.6 is 0 Å². The lowest BCUT2D eigenvalue weighted by atomic mass is 10.00. The highest BCUT2D eigenvalue weighted by Gasteiger charge is 2.13. The Morgan fingerprint density at radius 2 is 1.87 bits per heavy atom. The highest BCUT2D eigenvalue weighted by atomic mass is 16.5. The maximum Gasteiger partial charge on any atom is 0.172 e. The number of hydrogen-bond donors (Lipinski definition) is 1. The summed E-state index contributed by atoms with van der Waals surface area (Å²) in [7, 11) is 0. The van der Waals surface area contributed by atoms with Crippen molar-refractivity contribution in [3.63, 3.8) is 0 Å². The predicted octanol–water partition coefficient (Wildman–Crippen LogP) is 2.85. The van der Waals surface area contributed by atoms with Gasteiger partial charge in [0.05, 0.1) is 0 Å². The summed E-state index contributed by atoms with van der Waals surface area (Å²) in [6, 6.07) is 6.11. The Morgan fingerprint density at radius 3 is 2.47 bits per heavy atom. The van der Waals surface area contributed by atoms with Crippen LogP contribution in [0.3, 0.4) is 0 Å². The smallest absolute Gasteiger partial charge is 0.172 e. The van der Waals surface area contributed by atoms with Crippen LogP contribution in [0.4, 0.5) is 5.82 Å². The molecular weight excluding hydrogens is 188 g/mol. The molecule has 0 atom stereocenters. The molecule has 0 unspecified atom stereocenters. The molecule has 3 nitrogen and oxygen atoms in total. The zero-order valence-electron chi connectivity index (χ0n) is 9.16. The lowest BCUT2D eigenvalue weighted by Gasteiger charge is -2.05. The zero-order chi connectivity index (χ0) is 11.0. The van der Waals surface area contributed by atoms with E-state index < -0.39 is 0 Å². The van der Waals surface area contributed by atoms with E-state index in [2.05, 4.69) is 25.1 Å². The molecule has 1 aromatic heterocycles. The molecule has 0 amide bonds. The third-order valence-electron chi connectivity index (χ3n) is 2.81. The minimum Gasteiger partial charge on any atom is -0.381 e. The molecule has 3 heteroatoms. The Labute approximate surface area is 88.9 Å². The van der Waals surface area contributed by atoms with Crippen LogP contribution in [0, 0.1) is 20.8 Å². The second-order valence-corrected chi connectivity index (χ2v) is 3.77. The monoisotopic (exact) mass is 202 g/mol. The molecule has 0 spiro atoms. The van der Waals surface area contributed by atoms with E-state index in [9.17, 15) is 0 Å². The largest absolute Gasteiger partial charge is 0.381 e. The molecule has 0 fully saturated rings. The first-order valence-corrected chi connectivity index (χ1v) is 4.89. The summed E-state index contributed by atoms with van der Waals surface area (Å²) in [4.78, 5) is 0. The number of nitrogens with zero attached hydrogens (tertiary/aromatic N) is 1. The van der Waals surface area contributed by atoms with Gasteiger partial charge in [-0.15, -0.1) is 0 Å². The summed E-state index contributed by atoms with van der Waals surface area (Å²) in [6.07, 6.45) is 0. The standard InChI is InChI=1S/C12H14N2O/c1-7-5-4-6-10(8(7)2)11-9(3)12(13)14-15-11/h4-6H,1-3H3,(H2,13,14). The number of aromatic nitrogens is 1. The van der Waals surface area contributed by atoms with E-state index in [4.69, 9.17) is 10.3 Å². The van der Waals surface area contributed by atoms with E-state index in [1.54, 1.807) is 0 Å². The number of rotatable bonds is 1. The van der Waals surface area contributed by atoms with Gasteiger partial charge in [0.1, 0.15) is 0 Å². The van der Waals surface area contributed by atoms with E-state index >= 15 is 0 Å². The van der Waals surface area contributed by atoms with Gasteiger partial charge in [-0.2, -0.15) is 0 Å². The van der Waals surface area contributed by atoms with Gasteiger partial charge in [-0.1, -0.05) is 23.4 Å². The highest BCUT2D eigenvalue weighted by molar-refractivity contribution is 5.69. The molecule has 2 N–H and O–H groups in total. The highest BCUT2D eigenvalue weighted by Crippen LogP contribution is 2.30. The average Bonchev–Trinajstić information content (AvgIpc) is 2.53. The number of aryl methyl sites for hydroxylation is 1. The first-order chi connectivity index (χ1) is 7.11. The number of benzene rings is 1. The third kappa shape index (κ3) is 1.50. The number of nitrogens with two attached hydrogens (primary N) is 1. The third-order valence-corrected chi connectivity index (χ3v) is 2.81. The van der Waals surface area contributed by atoms with Gasteiger partial charge in [0.15, 0.2) is 11.6 Å². The SMILES string of the molecule is Cc1cccc(-c2onc(N)c2C)c1C. The molecule has 0 saturated carbocycles. The fourth-order valence-electron chi connectivity index (χ4n) is 1.60. The van der Waals surface area contributed by atoms with Crippen LogP contribution in [-0.2, 0) is 0 Å². The van der Waals surface area contributed by atoms with E-state index in [-0.39, 0.29) is 0 Å². The Morgan fingerprint density at radius 1 is 1.13 bits per heavy atom. The van der Waals surface area contributed by atoms with Gasteiger partial charge in [0.2, 0.25) is 0 Å². The van der Waals surface area contributed by atoms with Gasteiger partial charge in [-0.25, -0.2) is 0 Å². The van der Waals surface area contributed by atoms with Gasteiger partial charge in [0.25, 0.3) is 0 Å². The second kappa shape index (κ2) is 3.42. The lowest BCUT2D eigenvalue weighted by Crippen LogP contribution is -1.89. The molecule has 0 aliphatic carbocycles. The summed E-state index contributed by atoms with van der Waals surface area (Å²) in [5.74, 6) is 1.24. The molecule has 0 radical (unpaired) electrons. The first-order valence-electron chi connectivity index (χ1n) is 4.89. The van der Waals surface area contributed by atoms with Gasteiger partial charge in [0, 0.05) is 11.1 Å². The van der Waals surface area contributed by atoms with Crippen LogP contribution in [0.5, 0.6) is 0 Å². The number of hydrogen-bond acceptors (Lipinski definition) is 3. The topological polar surface area (TPSA) is 52.0 Å². The fourth-order valence-corrected chi connectivity index (χ4v) is 1.60. The molecule has 0 aliphatic heterocycles. The molecule has 2 aromatic rings. The molecule has 2 rings (SSSR count). The molecule has 1 aromatic carbocycles. The Bertz CT molecular complexity index is 500. The molecule has 0 bridgehead atoms. The van der Waals surface area contributed by atoms with E-state index in [1.807, 2.05) is 19.1 Å². The van der Waals surface area contributed by atoms with Gasteiger partial charge in [-0.05, 0) is 31.9 Å². The molecule has 15 heavy (non-hydrogen) atoms. The first kappa shape index (κ1) is 9.77. The van der Waals surface area contributed by atoms with Crippen LogP contribution in [0.15, 0.2) is 22.7 Å². The average molecular weight is 202 g/mol. The van der Waals surface area contributed by atoms with Gasteiger partial charge in [-0.3, -0.25) is 0 Å². The molecule has 0 saturated heterocycles. The zero-order valence-corrected chi connectivity index (χ0v) is 9.16. The van der Waals surface area contributed by atoms with E-state index in [0.29, 0.717) is 5.82 Å². The summed E-state index contributed by atoms with van der Waals surface area (Å²) in [6.45, 7) is 6.07. The van der Waals surface area contributed by atoms with Crippen LogP contribution in [0.2, 0.25) is 0 Å². The van der Waals surface area contributed by atoms with Crippen molar-refractivity contribution in [2.45, 2.75) is 20.8 Å². The normalized spacial score (nSPS) is 10.6. The fraction of sp³-hybridized carbons (Fsp3) is 0.250. The van der Waals surface area contributed by atoms with E-state index in [0.717, 1.165) is 16.9 Å². The summed E-state index contributed by atoms with van der Waals surface area (Å²) >= 11 is 0. The lowest BCUT2D eigenvalue weighted by molar-refractivity contribution is 0.435. The van der Waals surface area contributed by atoms with Crippen LogP contribution in [0.1, 0.15) is 16.7 Å². The van der Waals surface area contributed by atoms with Gasteiger partial charge >= 0.3 is 0 Å². The van der Waals surface area contributed by atoms with E-state index in [1.165, 1.54) is 11.1 Å². The molecular formula is C12H14N2O. The Kier molecular flexibility index (Phi) is 2.23. The van der Waals surface area contributed by atoms with Crippen molar-refractivity contribution in [2.24, 2.45) is 0 Å². The molecule has 78 valence electrons. The molecule has 1 heterocycles. The number of nitrogen functional groups attached to an aromatic ring is 1. The number of anilines is 1.